The van der Waals surface area contributed by atoms with Crippen LogP contribution in [-0.4, -0.2) is 5.91 Å². The molecule has 0 heterocycles. The molecular weight excluding hydrogens is 186 g/mol. The van der Waals surface area contributed by atoms with E-state index in [0.717, 1.165) is 16.3 Å². The van der Waals surface area contributed by atoms with Crippen molar-refractivity contribution in [1.29, 1.82) is 0 Å². The predicted octanol–water partition coefficient (Wildman–Crippen LogP) is 2.75. The van der Waals surface area contributed by atoms with E-state index in [4.69, 9.17) is 5.73 Å². The molecule has 2 aromatic rings. The molecule has 0 saturated heterocycles. The van der Waals surface area contributed by atoms with Crippen LogP contribution in [0.1, 0.15) is 18.4 Å². The van der Waals surface area contributed by atoms with Gasteiger partial charge in [0.15, 0.2) is 0 Å². The van der Waals surface area contributed by atoms with Crippen molar-refractivity contribution >= 4 is 16.7 Å². The lowest BCUT2D eigenvalue weighted by Gasteiger charge is -2.10. The Morgan fingerprint density at radius 2 is 1.80 bits per heavy atom. The zero-order valence-electron chi connectivity index (χ0n) is 8.53. The van der Waals surface area contributed by atoms with E-state index in [-0.39, 0.29) is 5.92 Å². The van der Waals surface area contributed by atoms with E-state index in [1.807, 2.05) is 42.5 Å². The van der Waals surface area contributed by atoms with E-state index in [2.05, 4.69) is 0 Å². The highest BCUT2D eigenvalue weighted by molar-refractivity contribution is 5.91. The van der Waals surface area contributed by atoms with Crippen molar-refractivity contribution in [2.75, 3.05) is 0 Å². The normalized spacial score (nSPS) is 12.6. The quantitative estimate of drug-likeness (QED) is 0.731. The van der Waals surface area contributed by atoms with Gasteiger partial charge in [0.05, 0.1) is 5.92 Å². The zero-order chi connectivity index (χ0) is 10.8. The summed E-state index contributed by atoms with van der Waals surface area (Å²) < 4.78 is 0. The monoisotopic (exact) mass is 198 g/mol. The van der Waals surface area contributed by atoms with Crippen LogP contribution in [0, 0.1) is 0 Å². The number of benzene rings is 2. The van der Waals surface area contributed by atoms with Crippen LogP contribution in [0.25, 0.3) is 10.8 Å². The lowest BCUT2D eigenvalue weighted by molar-refractivity contribution is -0.119. The zero-order valence-corrected chi connectivity index (χ0v) is 8.53. The summed E-state index contributed by atoms with van der Waals surface area (Å²) in [5, 5.41) is 2.18. The maximum Gasteiger partial charge on any atom is 0.245 e. The minimum absolute atomic E-state index is 0.351. The molecule has 0 aliphatic carbocycles. The minimum atomic E-state index is -0.536. The second kappa shape index (κ2) is 3.73. The highest BCUT2D eigenvalue weighted by Crippen LogP contribution is 2.25. The molecule has 1 N–H and O–H groups in total. The average Bonchev–Trinajstić information content (AvgIpc) is 2.27. The first-order valence-electron chi connectivity index (χ1n) is 4.93. The van der Waals surface area contributed by atoms with Gasteiger partial charge < -0.3 is 0 Å². The van der Waals surface area contributed by atoms with Crippen molar-refractivity contribution < 1.29 is 4.79 Å². The number of fused-ring (bicyclic) bond motifs is 1. The van der Waals surface area contributed by atoms with Crippen molar-refractivity contribution in [1.82, 2.24) is 5.73 Å². The molecule has 0 aliphatic rings. The molecule has 0 saturated carbocycles. The molecule has 0 aliphatic heterocycles. The Morgan fingerprint density at radius 3 is 2.53 bits per heavy atom. The van der Waals surface area contributed by atoms with Crippen LogP contribution in [0.4, 0.5) is 0 Å². The van der Waals surface area contributed by atoms with Crippen LogP contribution in [0.2, 0.25) is 0 Å². The first-order valence-corrected chi connectivity index (χ1v) is 4.93. The lowest BCUT2D eigenvalue weighted by Crippen LogP contribution is -2.09. The van der Waals surface area contributed by atoms with Crippen molar-refractivity contribution in [2.45, 2.75) is 12.8 Å². The fraction of sp³-hybridized carbons (Fsp3) is 0.154. The molecule has 2 aromatic carbocycles. The molecule has 1 amide bonds. The molecule has 1 atom stereocenters. The van der Waals surface area contributed by atoms with Crippen LogP contribution < -0.4 is 5.73 Å². The van der Waals surface area contributed by atoms with Gasteiger partial charge in [0.1, 0.15) is 0 Å². The fourth-order valence-electron chi connectivity index (χ4n) is 1.77. The largest absolute Gasteiger partial charge is 0.273 e. The fourth-order valence-corrected chi connectivity index (χ4v) is 1.77. The van der Waals surface area contributed by atoms with E-state index in [0.29, 0.717) is 0 Å². The van der Waals surface area contributed by atoms with E-state index in [9.17, 15) is 4.79 Å². The van der Waals surface area contributed by atoms with Crippen molar-refractivity contribution in [3.63, 3.8) is 0 Å². The summed E-state index contributed by atoms with van der Waals surface area (Å²) in [6.45, 7) is 1.77. The van der Waals surface area contributed by atoms with E-state index in [1.165, 1.54) is 0 Å². The van der Waals surface area contributed by atoms with Crippen LogP contribution >= 0.6 is 0 Å². The molecule has 0 aromatic heterocycles. The van der Waals surface area contributed by atoms with Crippen LogP contribution in [0.5, 0.6) is 0 Å². The van der Waals surface area contributed by atoms with Gasteiger partial charge in [-0.2, -0.15) is 0 Å². The molecule has 1 unspecified atom stereocenters. The Hall–Kier alpha value is -1.83. The van der Waals surface area contributed by atoms with Gasteiger partial charge in [-0.15, -0.1) is 0 Å². The number of hydrogen-bond acceptors (Lipinski definition) is 1. The van der Waals surface area contributed by atoms with E-state index >= 15 is 0 Å². The second-order valence-corrected chi connectivity index (χ2v) is 3.65. The summed E-state index contributed by atoms with van der Waals surface area (Å²) in [5.41, 5.74) is 8.10. The number of carbonyl (C=O) groups is 1. The predicted molar refractivity (Wildman–Crippen MR) is 60.5 cm³/mol. The Morgan fingerprint density at radius 1 is 1.13 bits per heavy atom. The molecule has 2 heteroatoms. The Balaban J connectivity index is 2.65. The molecule has 0 spiro atoms. The Bertz CT molecular complexity index is 499. The summed E-state index contributed by atoms with van der Waals surface area (Å²) >= 11 is 0. The number of carbonyl (C=O) groups excluding carboxylic acids is 1. The summed E-state index contributed by atoms with van der Waals surface area (Å²) in [7, 11) is 0. The third-order valence-electron chi connectivity index (χ3n) is 2.68. The topological polar surface area (TPSA) is 40.9 Å². The van der Waals surface area contributed by atoms with Gasteiger partial charge in [-0.1, -0.05) is 42.5 Å². The van der Waals surface area contributed by atoms with Gasteiger partial charge in [0.25, 0.3) is 0 Å². The first kappa shape index (κ1) is 9.71. The van der Waals surface area contributed by atoms with Crippen LogP contribution in [-0.2, 0) is 4.79 Å². The van der Waals surface area contributed by atoms with E-state index < -0.39 is 5.91 Å². The van der Waals surface area contributed by atoms with Gasteiger partial charge in [0.2, 0.25) is 5.91 Å². The van der Waals surface area contributed by atoms with Gasteiger partial charge in [-0.25, -0.2) is 0 Å². The Kier molecular flexibility index (Phi) is 2.42. The van der Waals surface area contributed by atoms with Gasteiger partial charge in [-0.3, -0.25) is 10.5 Å². The summed E-state index contributed by atoms with van der Waals surface area (Å²) in [4.78, 5) is 11.1. The molecular formula is C13H12NO. The number of nitrogens with one attached hydrogen (secondary N) is 1. The summed E-state index contributed by atoms with van der Waals surface area (Å²) in [5.74, 6) is -0.887. The highest BCUT2D eigenvalue weighted by Gasteiger charge is 2.14. The van der Waals surface area contributed by atoms with Crippen LogP contribution in [0.3, 0.4) is 0 Å². The molecule has 2 nitrogen and oxygen atoms in total. The lowest BCUT2D eigenvalue weighted by atomic mass is 9.94. The standard InChI is InChI=1S/C13H12NO/c1-9(13(14)15)11-8-4-6-10-5-2-3-7-12(10)11/h2-9,14H,1H3. The Labute approximate surface area is 88.7 Å². The van der Waals surface area contributed by atoms with Crippen molar-refractivity contribution in [2.24, 2.45) is 0 Å². The number of hydrogen-bond donors (Lipinski definition) is 0. The molecule has 2 rings (SSSR count). The number of rotatable bonds is 2. The first-order chi connectivity index (χ1) is 7.20. The average molecular weight is 198 g/mol. The summed E-state index contributed by atoms with van der Waals surface area (Å²) in [6.07, 6.45) is 0. The molecule has 1 radical (unpaired) electrons. The van der Waals surface area contributed by atoms with Gasteiger partial charge >= 0.3 is 0 Å². The van der Waals surface area contributed by atoms with Crippen molar-refractivity contribution in [3.8, 4) is 0 Å². The smallest absolute Gasteiger partial charge is 0.245 e. The van der Waals surface area contributed by atoms with E-state index in [1.54, 1.807) is 6.92 Å². The SMILES string of the molecule is CC(C([NH])=O)c1cccc2ccccc12. The maximum atomic E-state index is 11.1. The molecule has 0 bridgehead atoms. The maximum absolute atomic E-state index is 11.1. The third-order valence-corrected chi connectivity index (χ3v) is 2.68. The molecule has 75 valence electrons. The molecule has 15 heavy (non-hydrogen) atoms. The third kappa shape index (κ3) is 1.71. The number of amides is 1. The van der Waals surface area contributed by atoms with Gasteiger partial charge in [-0.05, 0) is 23.3 Å². The summed E-state index contributed by atoms with van der Waals surface area (Å²) in [6, 6.07) is 13.8. The molecule has 0 fully saturated rings. The van der Waals surface area contributed by atoms with Crippen molar-refractivity contribution in [3.05, 3.63) is 48.0 Å². The van der Waals surface area contributed by atoms with Crippen LogP contribution in [0.15, 0.2) is 42.5 Å². The van der Waals surface area contributed by atoms with Gasteiger partial charge in [0, 0.05) is 0 Å². The minimum Gasteiger partial charge on any atom is -0.273 e. The highest BCUT2D eigenvalue weighted by atomic mass is 16.1. The second-order valence-electron chi connectivity index (χ2n) is 3.65.